The van der Waals surface area contributed by atoms with E-state index in [1.165, 1.54) is 25.3 Å². The molecule has 2 aromatic rings. The van der Waals surface area contributed by atoms with Crippen molar-refractivity contribution in [1.82, 2.24) is 4.98 Å². The predicted molar refractivity (Wildman–Crippen MR) is 78.4 cm³/mol. The van der Waals surface area contributed by atoms with Gasteiger partial charge < -0.3 is 15.8 Å². The number of nitrogens with zero attached hydrogens (tertiary/aromatic N) is 1. The summed E-state index contributed by atoms with van der Waals surface area (Å²) in [4.78, 5) is 15.6. The van der Waals surface area contributed by atoms with Crippen LogP contribution in [-0.2, 0) is 4.74 Å². The van der Waals surface area contributed by atoms with E-state index >= 15 is 0 Å². The van der Waals surface area contributed by atoms with Gasteiger partial charge in [0.1, 0.15) is 5.82 Å². The first kappa shape index (κ1) is 14.8. The molecule has 1 atom stereocenters. The number of benzene rings is 1. The summed E-state index contributed by atoms with van der Waals surface area (Å²) in [5.41, 5.74) is 7.13. The topological polar surface area (TPSA) is 77.2 Å². The lowest BCUT2D eigenvalue weighted by molar-refractivity contribution is 0.0594. The molecule has 0 fully saturated rings. The van der Waals surface area contributed by atoms with Crippen molar-refractivity contribution in [2.75, 3.05) is 18.2 Å². The summed E-state index contributed by atoms with van der Waals surface area (Å²) in [6, 6.07) is 9.06. The van der Waals surface area contributed by atoms with Crippen molar-refractivity contribution in [3.05, 3.63) is 53.5 Å². The Morgan fingerprint density at radius 1 is 1.38 bits per heavy atom. The van der Waals surface area contributed by atoms with Crippen LogP contribution in [0.5, 0.6) is 0 Å². The second kappa shape index (κ2) is 6.21. The molecule has 2 rings (SSSR count). The third-order valence-corrected chi connectivity index (χ3v) is 3.02. The highest BCUT2D eigenvalue weighted by atomic mass is 19.1. The van der Waals surface area contributed by atoms with E-state index in [9.17, 15) is 9.18 Å². The van der Waals surface area contributed by atoms with Crippen molar-refractivity contribution < 1.29 is 13.9 Å². The first-order chi connectivity index (χ1) is 10.0. The van der Waals surface area contributed by atoms with Gasteiger partial charge in [-0.2, -0.15) is 0 Å². The van der Waals surface area contributed by atoms with Gasteiger partial charge in [0, 0.05) is 0 Å². The molecule has 5 nitrogen and oxygen atoms in total. The molecule has 0 saturated carbocycles. The Labute approximate surface area is 121 Å². The number of rotatable bonds is 4. The highest BCUT2D eigenvalue weighted by Crippen LogP contribution is 2.23. The zero-order valence-corrected chi connectivity index (χ0v) is 11.8. The summed E-state index contributed by atoms with van der Waals surface area (Å²) in [6.45, 7) is 1.85. The highest BCUT2D eigenvalue weighted by Gasteiger charge is 2.13. The van der Waals surface area contributed by atoms with Crippen LogP contribution < -0.4 is 11.1 Å². The lowest BCUT2D eigenvalue weighted by atomic mass is 10.1. The van der Waals surface area contributed by atoms with Gasteiger partial charge >= 0.3 is 5.97 Å². The monoisotopic (exact) mass is 289 g/mol. The molecule has 1 unspecified atom stereocenters. The standard InChI is InChI=1S/C15H16FN3O2/c1-9(10-4-3-5-11(16)8-10)18-14-12(17)6-7-13(19-14)15(20)21-2/h3-9H,17H2,1-2H3,(H,18,19). The summed E-state index contributed by atoms with van der Waals surface area (Å²) < 4.78 is 17.8. The molecule has 0 bridgehead atoms. The van der Waals surface area contributed by atoms with Crippen molar-refractivity contribution in [1.29, 1.82) is 0 Å². The average molecular weight is 289 g/mol. The Hall–Kier alpha value is -2.63. The van der Waals surface area contributed by atoms with Gasteiger partial charge in [-0.05, 0) is 36.8 Å². The van der Waals surface area contributed by atoms with E-state index in [4.69, 9.17) is 5.73 Å². The van der Waals surface area contributed by atoms with E-state index in [1.807, 2.05) is 6.92 Å². The van der Waals surface area contributed by atoms with Crippen LogP contribution in [0.1, 0.15) is 29.0 Å². The summed E-state index contributed by atoms with van der Waals surface area (Å²) >= 11 is 0. The zero-order valence-electron chi connectivity index (χ0n) is 11.8. The number of halogens is 1. The number of aromatic nitrogens is 1. The van der Waals surface area contributed by atoms with Crippen LogP contribution in [-0.4, -0.2) is 18.1 Å². The number of nitrogens with two attached hydrogens (primary N) is 1. The summed E-state index contributed by atoms with van der Waals surface area (Å²) in [6.07, 6.45) is 0. The Morgan fingerprint density at radius 3 is 2.81 bits per heavy atom. The molecule has 0 aliphatic heterocycles. The van der Waals surface area contributed by atoms with E-state index < -0.39 is 5.97 Å². The molecule has 0 aliphatic rings. The van der Waals surface area contributed by atoms with Gasteiger partial charge in [0.25, 0.3) is 0 Å². The minimum absolute atomic E-state index is 0.153. The largest absolute Gasteiger partial charge is 0.464 e. The molecule has 1 aromatic carbocycles. The van der Waals surface area contributed by atoms with Crippen LogP contribution in [0, 0.1) is 5.82 Å². The van der Waals surface area contributed by atoms with Gasteiger partial charge in [-0.1, -0.05) is 12.1 Å². The lowest BCUT2D eigenvalue weighted by Gasteiger charge is -2.17. The molecule has 21 heavy (non-hydrogen) atoms. The number of ether oxygens (including phenoxy) is 1. The number of nitrogen functional groups attached to an aromatic ring is 1. The molecule has 0 saturated heterocycles. The molecule has 0 amide bonds. The summed E-state index contributed by atoms with van der Waals surface area (Å²) in [5.74, 6) is -0.503. The van der Waals surface area contributed by atoms with Crippen molar-refractivity contribution in [2.45, 2.75) is 13.0 Å². The zero-order chi connectivity index (χ0) is 15.4. The van der Waals surface area contributed by atoms with E-state index in [1.54, 1.807) is 18.2 Å². The second-order valence-corrected chi connectivity index (χ2v) is 4.55. The maximum Gasteiger partial charge on any atom is 0.356 e. The third kappa shape index (κ3) is 3.47. The number of carbonyl (C=O) groups excluding carboxylic acids is 1. The molecular weight excluding hydrogens is 273 g/mol. The molecule has 110 valence electrons. The van der Waals surface area contributed by atoms with E-state index in [0.29, 0.717) is 11.5 Å². The predicted octanol–water partition coefficient (Wildman–Crippen LogP) is 2.76. The minimum Gasteiger partial charge on any atom is -0.464 e. The number of anilines is 2. The number of esters is 1. The number of hydrogen-bond acceptors (Lipinski definition) is 5. The summed E-state index contributed by atoms with van der Waals surface area (Å²) in [5, 5.41) is 3.06. The number of pyridine rings is 1. The molecule has 0 radical (unpaired) electrons. The first-order valence-electron chi connectivity index (χ1n) is 6.38. The quantitative estimate of drug-likeness (QED) is 0.846. The first-order valence-corrected chi connectivity index (χ1v) is 6.38. The fourth-order valence-electron chi connectivity index (χ4n) is 1.87. The van der Waals surface area contributed by atoms with E-state index in [2.05, 4.69) is 15.0 Å². The van der Waals surface area contributed by atoms with E-state index in [-0.39, 0.29) is 17.6 Å². The van der Waals surface area contributed by atoms with Crippen LogP contribution in [0.15, 0.2) is 36.4 Å². The average Bonchev–Trinajstić information content (AvgIpc) is 2.48. The SMILES string of the molecule is COC(=O)c1ccc(N)c(NC(C)c2cccc(F)c2)n1. The van der Waals surface area contributed by atoms with Gasteiger partial charge in [-0.15, -0.1) is 0 Å². The van der Waals surface area contributed by atoms with Gasteiger partial charge in [-0.3, -0.25) is 0 Å². The van der Waals surface area contributed by atoms with Crippen molar-refractivity contribution in [3.63, 3.8) is 0 Å². The van der Waals surface area contributed by atoms with Crippen LogP contribution >= 0.6 is 0 Å². The van der Waals surface area contributed by atoms with E-state index in [0.717, 1.165) is 5.56 Å². The van der Waals surface area contributed by atoms with Crippen LogP contribution in [0.4, 0.5) is 15.9 Å². The number of carbonyl (C=O) groups is 1. The minimum atomic E-state index is -0.545. The second-order valence-electron chi connectivity index (χ2n) is 4.55. The number of nitrogens with one attached hydrogen (secondary N) is 1. The molecule has 1 heterocycles. The lowest BCUT2D eigenvalue weighted by Crippen LogP contribution is -2.13. The van der Waals surface area contributed by atoms with Crippen LogP contribution in [0.3, 0.4) is 0 Å². The normalized spacial score (nSPS) is 11.8. The van der Waals surface area contributed by atoms with Gasteiger partial charge in [0.2, 0.25) is 0 Å². The molecule has 0 aliphatic carbocycles. The number of methoxy groups -OCH3 is 1. The fraction of sp³-hybridized carbons (Fsp3) is 0.200. The molecular formula is C15H16FN3O2. The van der Waals surface area contributed by atoms with Gasteiger partial charge in [-0.25, -0.2) is 14.2 Å². The van der Waals surface area contributed by atoms with Crippen molar-refractivity contribution >= 4 is 17.5 Å². The Balaban J connectivity index is 2.24. The highest BCUT2D eigenvalue weighted by molar-refractivity contribution is 5.88. The Morgan fingerprint density at radius 2 is 2.14 bits per heavy atom. The van der Waals surface area contributed by atoms with Crippen LogP contribution in [0.25, 0.3) is 0 Å². The van der Waals surface area contributed by atoms with Gasteiger partial charge in [0.15, 0.2) is 11.5 Å². The Bertz CT molecular complexity index is 661. The molecule has 6 heteroatoms. The molecule has 1 aromatic heterocycles. The summed E-state index contributed by atoms with van der Waals surface area (Å²) in [7, 11) is 1.28. The van der Waals surface area contributed by atoms with Crippen molar-refractivity contribution in [2.24, 2.45) is 0 Å². The maximum atomic E-state index is 13.2. The number of hydrogen-bond donors (Lipinski definition) is 2. The van der Waals surface area contributed by atoms with Crippen LogP contribution in [0.2, 0.25) is 0 Å². The maximum absolute atomic E-state index is 13.2. The smallest absolute Gasteiger partial charge is 0.356 e. The molecule has 0 spiro atoms. The molecule has 3 N–H and O–H groups in total. The fourth-order valence-corrected chi connectivity index (χ4v) is 1.87. The van der Waals surface area contributed by atoms with Gasteiger partial charge in [0.05, 0.1) is 18.8 Å². The Kier molecular flexibility index (Phi) is 4.37. The third-order valence-electron chi connectivity index (χ3n) is 3.02. The van der Waals surface area contributed by atoms with Crippen molar-refractivity contribution in [3.8, 4) is 0 Å².